The van der Waals surface area contributed by atoms with Crippen molar-refractivity contribution in [3.8, 4) is 0 Å². The van der Waals surface area contributed by atoms with Crippen LogP contribution in [0.25, 0.3) is 0 Å². The van der Waals surface area contributed by atoms with Crippen LogP contribution in [0.1, 0.15) is 226 Å². The predicted octanol–water partition coefficient (Wildman–Crippen LogP) is 18.1. The minimum absolute atomic E-state index is 0.0494. The minimum Gasteiger partial charge on any atom is -0.387 e. The van der Waals surface area contributed by atoms with Crippen LogP contribution in [0.3, 0.4) is 0 Å². The van der Waals surface area contributed by atoms with E-state index >= 15 is 0 Å². The summed E-state index contributed by atoms with van der Waals surface area (Å²) in [5, 5.41) is 13.8. The molecule has 1 amide bonds. The van der Waals surface area contributed by atoms with E-state index in [4.69, 9.17) is 9.05 Å². The molecule has 0 heterocycles. The first-order valence-electron chi connectivity index (χ1n) is 29.4. The summed E-state index contributed by atoms with van der Waals surface area (Å²) in [6.45, 7) is 4.61. The number of quaternary nitrogens is 1. The number of amides is 1. The number of allylic oxidation sites excluding steroid dienone is 19. The van der Waals surface area contributed by atoms with Gasteiger partial charge in [-0.15, -0.1) is 0 Å². The molecule has 9 heteroatoms. The molecule has 0 aromatic rings. The highest BCUT2D eigenvalue weighted by Gasteiger charge is 2.27. The number of rotatable bonds is 52. The molecule has 3 N–H and O–H groups in total. The van der Waals surface area contributed by atoms with Crippen molar-refractivity contribution in [3.63, 3.8) is 0 Å². The van der Waals surface area contributed by atoms with E-state index in [-0.39, 0.29) is 19.1 Å². The first kappa shape index (κ1) is 69.9. The maximum atomic E-state index is 12.9. The van der Waals surface area contributed by atoms with E-state index in [1.807, 2.05) is 27.2 Å². The van der Waals surface area contributed by atoms with Crippen LogP contribution in [-0.2, 0) is 18.4 Å². The molecule has 0 aliphatic heterocycles. The molecule has 73 heavy (non-hydrogen) atoms. The summed E-state index contributed by atoms with van der Waals surface area (Å²) in [6.07, 6.45) is 80.4. The lowest BCUT2D eigenvalue weighted by Crippen LogP contribution is -2.45. The van der Waals surface area contributed by atoms with Crippen LogP contribution in [0.4, 0.5) is 0 Å². The number of carbonyl (C=O) groups excluding carboxylic acids is 1. The summed E-state index contributed by atoms with van der Waals surface area (Å²) in [4.78, 5) is 23.2. The summed E-state index contributed by atoms with van der Waals surface area (Å²) in [6, 6.07) is -0.874. The van der Waals surface area contributed by atoms with Gasteiger partial charge < -0.3 is 19.8 Å². The maximum absolute atomic E-state index is 12.9. The summed E-state index contributed by atoms with van der Waals surface area (Å²) >= 11 is 0. The van der Waals surface area contributed by atoms with Gasteiger partial charge in [-0.1, -0.05) is 245 Å². The van der Waals surface area contributed by atoms with Gasteiger partial charge in [0, 0.05) is 6.42 Å². The van der Waals surface area contributed by atoms with Crippen LogP contribution in [0.2, 0.25) is 0 Å². The van der Waals surface area contributed by atoms with Crippen molar-refractivity contribution >= 4 is 13.7 Å². The van der Waals surface area contributed by atoms with Gasteiger partial charge in [-0.3, -0.25) is 13.8 Å². The zero-order chi connectivity index (χ0) is 53.5. The van der Waals surface area contributed by atoms with Crippen molar-refractivity contribution in [3.05, 3.63) is 122 Å². The fraction of sp³-hybridized carbons (Fsp3) is 0.672. The third kappa shape index (κ3) is 56.5. The number of carbonyl (C=O) groups is 1. The number of hydrogen-bond acceptors (Lipinski definition) is 5. The van der Waals surface area contributed by atoms with Crippen molar-refractivity contribution < 1.29 is 32.9 Å². The summed E-state index contributed by atoms with van der Waals surface area (Å²) in [5.74, 6) is -0.196. The van der Waals surface area contributed by atoms with Crippen molar-refractivity contribution in [2.45, 2.75) is 238 Å². The first-order chi connectivity index (χ1) is 35.5. The summed E-state index contributed by atoms with van der Waals surface area (Å²) < 4.78 is 23.6. The molecule has 0 aliphatic carbocycles. The second kappa shape index (κ2) is 53.7. The number of phosphoric ester groups is 1. The average molecular weight is 1040 g/mol. The Morgan fingerprint density at radius 2 is 0.836 bits per heavy atom. The zero-order valence-corrected chi connectivity index (χ0v) is 48.5. The smallest absolute Gasteiger partial charge is 0.387 e. The zero-order valence-electron chi connectivity index (χ0n) is 47.6. The molecule has 0 saturated heterocycles. The molecule has 0 radical (unpaired) electrons. The third-order valence-electron chi connectivity index (χ3n) is 12.4. The number of unbranched alkanes of at least 4 members (excludes halogenated alkanes) is 21. The third-order valence-corrected chi connectivity index (χ3v) is 13.4. The molecule has 0 fully saturated rings. The molecular weight excluding hydrogens is 924 g/mol. The van der Waals surface area contributed by atoms with Crippen LogP contribution < -0.4 is 5.32 Å². The fourth-order valence-electron chi connectivity index (χ4n) is 7.80. The molecule has 0 saturated carbocycles. The van der Waals surface area contributed by atoms with E-state index in [1.54, 1.807) is 6.08 Å². The molecular formula is C64H112N2O6P+. The Morgan fingerprint density at radius 1 is 0.479 bits per heavy atom. The second-order valence-corrected chi connectivity index (χ2v) is 22.1. The molecule has 0 aliphatic rings. The molecule has 3 unspecified atom stereocenters. The molecule has 3 atom stereocenters. The van der Waals surface area contributed by atoms with Crippen molar-refractivity contribution in [1.29, 1.82) is 0 Å². The molecule has 0 bridgehead atoms. The standard InChI is InChI=1S/C64H111N2O6P/c1-6-8-10-12-14-16-18-20-21-22-23-24-25-26-27-28-29-30-31-32-33-34-35-36-37-38-39-40-41-42-43-44-45-46-48-50-52-54-56-58-64(68)65-62(61-72-73(69,70)71-60-59-66(3,4)5)63(67)57-55-53-51-49-47-19-17-15-13-11-9-7-2/h8,10,13-16,20-21,23-24,26-27,29-30,32-33,47,49,55,57,62-63,67H,6-7,9,11-12,17-19,22,25,28,31,34-46,48,50-54,56,58-61H2,1-5H3,(H-,65,68,69,70)/p+1/b10-8-,15-13+,16-14-,21-20-,24-23-,27-26-,30-29-,33-32-,49-47+,57-55+. The van der Waals surface area contributed by atoms with Crippen LogP contribution in [0.5, 0.6) is 0 Å². The van der Waals surface area contributed by atoms with E-state index in [1.165, 1.54) is 109 Å². The number of hydrogen-bond donors (Lipinski definition) is 3. The number of likely N-dealkylation sites (N-methyl/N-ethyl adjacent to an activating group) is 1. The van der Waals surface area contributed by atoms with E-state index in [9.17, 15) is 19.4 Å². The lowest BCUT2D eigenvalue weighted by atomic mass is 10.0. The highest BCUT2D eigenvalue weighted by Crippen LogP contribution is 2.43. The molecule has 0 rings (SSSR count). The SMILES string of the molecule is CC/C=C\C/C=C\C/C=C\C/C=C\C/C=C\C/C=C\C/C=C\CCCCCCCCCCCCCCCCCCCC(=O)NC(COP(=O)(O)OCC[N+](C)(C)C)C(O)/C=C/CC/C=C/CC/C=C/CCCC. The molecule has 0 spiro atoms. The lowest BCUT2D eigenvalue weighted by Gasteiger charge is -2.25. The quantitative estimate of drug-likeness (QED) is 0.0243. The van der Waals surface area contributed by atoms with Crippen LogP contribution in [-0.4, -0.2) is 73.4 Å². The summed E-state index contributed by atoms with van der Waals surface area (Å²) in [7, 11) is 1.53. The normalized spacial score (nSPS) is 14.8. The Balaban J connectivity index is 4.00. The lowest BCUT2D eigenvalue weighted by molar-refractivity contribution is -0.870. The Labute approximate surface area is 450 Å². The molecule has 8 nitrogen and oxygen atoms in total. The maximum Gasteiger partial charge on any atom is 0.472 e. The number of nitrogens with one attached hydrogen (secondary N) is 1. The number of aliphatic hydroxyl groups is 1. The van der Waals surface area contributed by atoms with Gasteiger partial charge in [0.25, 0.3) is 0 Å². The van der Waals surface area contributed by atoms with Gasteiger partial charge in [-0.25, -0.2) is 4.57 Å². The van der Waals surface area contributed by atoms with Gasteiger partial charge in [0.1, 0.15) is 13.2 Å². The highest BCUT2D eigenvalue weighted by molar-refractivity contribution is 7.47. The van der Waals surface area contributed by atoms with Gasteiger partial charge >= 0.3 is 7.82 Å². The average Bonchev–Trinajstić information content (AvgIpc) is 3.35. The monoisotopic (exact) mass is 1040 g/mol. The molecule has 418 valence electrons. The van der Waals surface area contributed by atoms with Crippen LogP contribution in [0, 0.1) is 0 Å². The van der Waals surface area contributed by atoms with Crippen LogP contribution in [0.15, 0.2) is 122 Å². The highest BCUT2D eigenvalue weighted by atomic mass is 31.2. The van der Waals surface area contributed by atoms with E-state index in [0.717, 1.165) is 96.3 Å². The Hall–Kier alpha value is -3.10. The van der Waals surface area contributed by atoms with Gasteiger partial charge in [-0.05, 0) is 96.3 Å². The number of aliphatic hydroxyl groups excluding tert-OH is 1. The van der Waals surface area contributed by atoms with Gasteiger partial charge in [-0.2, -0.15) is 0 Å². The van der Waals surface area contributed by atoms with Gasteiger partial charge in [0.05, 0.1) is 39.9 Å². The first-order valence-corrected chi connectivity index (χ1v) is 30.9. The Bertz CT molecular complexity index is 1600. The second-order valence-electron chi connectivity index (χ2n) is 20.6. The predicted molar refractivity (Wildman–Crippen MR) is 318 cm³/mol. The fourth-order valence-corrected chi connectivity index (χ4v) is 8.54. The van der Waals surface area contributed by atoms with E-state index in [2.05, 4.69) is 129 Å². The summed E-state index contributed by atoms with van der Waals surface area (Å²) in [5.41, 5.74) is 0. The number of nitrogens with zero attached hydrogens (tertiary/aromatic N) is 1. The van der Waals surface area contributed by atoms with Crippen molar-refractivity contribution in [2.24, 2.45) is 0 Å². The topological polar surface area (TPSA) is 105 Å². The van der Waals surface area contributed by atoms with E-state index in [0.29, 0.717) is 17.4 Å². The molecule has 0 aromatic heterocycles. The van der Waals surface area contributed by atoms with Crippen LogP contribution >= 0.6 is 7.82 Å². The van der Waals surface area contributed by atoms with Gasteiger partial charge in [0.2, 0.25) is 5.91 Å². The van der Waals surface area contributed by atoms with E-state index < -0.39 is 20.0 Å². The van der Waals surface area contributed by atoms with Gasteiger partial charge in [0.15, 0.2) is 0 Å². The Kier molecular flexibility index (Phi) is 51.4. The minimum atomic E-state index is -4.36. The largest absolute Gasteiger partial charge is 0.472 e. The number of phosphoric acid groups is 1. The van der Waals surface area contributed by atoms with Crippen molar-refractivity contribution in [2.75, 3.05) is 40.9 Å². The Morgan fingerprint density at radius 3 is 1.26 bits per heavy atom. The van der Waals surface area contributed by atoms with Crippen molar-refractivity contribution in [1.82, 2.24) is 5.32 Å². The molecule has 0 aromatic carbocycles.